The van der Waals surface area contributed by atoms with Crippen molar-refractivity contribution in [2.24, 2.45) is 11.1 Å². The summed E-state index contributed by atoms with van der Waals surface area (Å²) in [6, 6.07) is 1.80. The Hall–Kier alpha value is -1.49. The molecule has 0 bridgehead atoms. The van der Waals surface area contributed by atoms with Crippen LogP contribution in [0.3, 0.4) is 0 Å². The number of hydrogen-bond donors (Lipinski definition) is 2. The smallest absolute Gasteiger partial charge is 0.237 e. The molecule has 0 aliphatic heterocycles. The van der Waals surface area contributed by atoms with Crippen LogP contribution in [0.2, 0.25) is 0 Å². The molecular weight excluding hydrogens is 270 g/mol. The number of nitrogens with zero attached hydrogens (tertiary/aromatic N) is 1. The molecule has 0 unspecified atom stereocenters. The Morgan fingerprint density at radius 2 is 2.00 bits per heavy atom. The molecule has 0 radical (unpaired) electrons. The summed E-state index contributed by atoms with van der Waals surface area (Å²) in [5.74, 6) is -0.0683. The van der Waals surface area contributed by atoms with E-state index in [4.69, 9.17) is 18.0 Å². The number of amides is 1. The lowest BCUT2D eigenvalue weighted by Gasteiger charge is -2.30. The Kier molecular flexibility index (Phi) is 4.70. The summed E-state index contributed by atoms with van der Waals surface area (Å²) in [5, 5.41) is 2.98. The Morgan fingerprint density at radius 1 is 1.35 bits per heavy atom. The molecule has 20 heavy (non-hydrogen) atoms. The van der Waals surface area contributed by atoms with E-state index < -0.39 is 5.41 Å². The van der Waals surface area contributed by atoms with Gasteiger partial charge in [0.05, 0.1) is 10.4 Å². The molecule has 3 N–H and O–H groups in total. The van der Waals surface area contributed by atoms with Crippen molar-refractivity contribution in [3.05, 3.63) is 24.0 Å². The van der Waals surface area contributed by atoms with E-state index in [2.05, 4.69) is 10.3 Å². The first-order valence-electron chi connectivity index (χ1n) is 7.08. The molecule has 2 rings (SSSR count). The minimum absolute atomic E-state index is 0.0683. The summed E-state index contributed by atoms with van der Waals surface area (Å²) in [6.07, 6.45) is 9.19. The number of aromatic nitrogens is 1. The molecule has 4 nitrogen and oxygen atoms in total. The predicted molar refractivity (Wildman–Crippen MR) is 84.5 cm³/mol. The van der Waals surface area contributed by atoms with Gasteiger partial charge in [-0.25, -0.2) is 0 Å². The second-order valence-electron chi connectivity index (χ2n) is 5.51. The van der Waals surface area contributed by atoms with Crippen molar-refractivity contribution in [2.45, 2.75) is 45.4 Å². The summed E-state index contributed by atoms with van der Waals surface area (Å²) in [5.41, 5.74) is 6.95. The molecule has 0 saturated heterocycles. The molecule has 5 heteroatoms. The highest BCUT2D eigenvalue weighted by Crippen LogP contribution is 2.36. The van der Waals surface area contributed by atoms with Gasteiger partial charge in [-0.15, -0.1) is 0 Å². The van der Waals surface area contributed by atoms with Crippen molar-refractivity contribution in [3.8, 4) is 0 Å². The van der Waals surface area contributed by atoms with Crippen LogP contribution in [0, 0.1) is 12.3 Å². The summed E-state index contributed by atoms with van der Waals surface area (Å²) in [4.78, 5) is 17.1. The van der Waals surface area contributed by atoms with Gasteiger partial charge in [0.25, 0.3) is 0 Å². The van der Waals surface area contributed by atoms with E-state index in [1.54, 1.807) is 18.5 Å². The van der Waals surface area contributed by atoms with Crippen molar-refractivity contribution < 1.29 is 4.79 Å². The third-order valence-corrected chi connectivity index (χ3v) is 4.52. The molecule has 1 aliphatic carbocycles. The van der Waals surface area contributed by atoms with Crippen molar-refractivity contribution in [1.29, 1.82) is 0 Å². The van der Waals surface area contributed by atoms with Crippen LogP contribution in [-0.4, -0.2) is 15.9 Å². The van der Waals surface area contributed by atoms with Gasteiger partial charge in [0, 0.05) is 18.1 Å². The molecular formula is C15H21N3OS. The zero-order valence-corrected chi connectivity index (χ0v) is 12.6. The standard InChI is InChI=1S/C15H21N3OS/c1-11-10-17-9-6-12(11)18-14(19)15(13(16)20)7-4-2-3-5-8-15/h6,9-10H,2-5,7-8H2,1H3,(H2,16,20)(H,17,18,19). The lowest BCUT2D eigenvalue weighted by molar-refractivity contribution is -0.122. The van der Waals surface area contributed by atoms with E-state index in [0.29, 0.717) is 4.99 Å². The molecule has 108 valence electrons. The highest BCUT2D eigenvalue weighted by molar-refractivity contribution is 7.80. The Balaban J connectivity index is 2.23. The van der Waals surface area contributed by atoms with Gasteiger partial charge in [-0.1, -0.05) is 37.9 Å². The van der Waals surface area contributed by atoms with Gasteiger partial charge in [-0.2, -0.15) is 0 Å². The molecule has 0 spiro atoms. The Bertz CT molecular complexity index is 508. The van der Waals surface area contributed by atoms with E-state index in [0.717, 1.165) is 49.8 Å². The number of carbonyl (C=O) groups excluding carboxylic acids is 1. The first-order valence-corrected chi connectivity index (χ1v) is 7.49. The fourth-order valence-corrected chi connectivity index (χ4v) is 3.07. The lowest BCUT2D eigenvalue weighted by atomic mass is 9.79. The quantitative estimate of drug-likeness (QED) is 0.663. The number of rotatable bonds is 3. The van der Waals surface area contributed by atoms with E-state index in [1.807, 2.05) is 6.92 Å². The fourth-order valence-electron chi connectivity index (χ4n) is 2.77. The van der Waals surface area contributed by atoms with Crippen LogP contribution >= 0.6 is 12.2 Å². The van der Waals surface area contributed by atoms with Crippen molar-refractivity contribution in [3.63, 3.8) is 0 Å². The largest absolute Gasteiger partial charge is 0.392 e. The highest BCUT2D eigenvalue weighted by atomic mass is 32.1. The molecule has 1 heterocycles. The summed E-state index contributed by atoms with van der Waals surface area (Å²) in [6.45, 7) is 1.92. The average molecular weight is 291 g/mol. The molecule has 1 fully saturated rings. The van der Waals surface area contributed by atoms with Crippen molar-refractivity contribution in [1.82, 2.24) is 4.98 Å². The highest BCUT2D eigenvalue weighted by Gasteiger charge is 2.41. The first-order chi connectivity index (χ1) is 9.56. The van der Waals surface area contributed by atoms with Gasteiger partial charge in [0.15, 0.2) is 0 Å². The monoisotopic (exact) mass is 291 g/mol. The van der Waals surface area contributed by atoms with Crippen LogP contribution in [0.1, 0.15) is 44.1 Å². The van der Waals surface area contributed by atoms with E-state index >= 15 is 0 Å². The maximum absolute atomic E-state index is 12.7. The van der Waals surface area contributed by atoms with Gasteiger partial charge in [0.1, 0.15) is 0 Å². The number of thiocarbonyl (C=S) groups is 1. The van der Waals surface area contributed by atoms with Crippen LogP contribution in [0.4, 0.5) is 5.69 Å². The van der Waals surface area contributed by atoms with Crippen LogP contribution in [0.25, 0.3) is 0 Å². The molecule has 1 aromatic rings. The van der Waals surface area contributed by atoms with Gasteiger partial charge >= 0.3 is 0 Å². The minimum Gasteiger partial charge on any atom is -0.392 e. The Labute approximate surface area is 125 Å². The number of anilines is 1. The molecule has 0 aromatic carbocycles. The minimum atomic E-state index is -0.693. The maximum Gasteiger partial charge on any atom is 0.237 e. The topological polar surface area (TPSA) is 68.0 Å². The zero-order valence-electron chi connectivity index (χ0n) is 11.8. The molecule has 1 amide bonds. The third kappa shape index (κ3) is 2.98. The first kappa shape index (κ1) is 14.9. The lowest BCUT2D eigenvalue weighted by Crippen LogP contribution is -2.45. The second kappa shape index (κ2) is 6.31. The SMILES string of the molecule is Cc1cnccc1NC(=O)C1(C(N)=S)CCCCCC1. The maximum atomic E-state index is 12.7. The van der Waals surface area contributed by atoms with Crippen LogP contribution in [-0.2, 0) is 4.79 Å². The van der Waals surface area contributed by atoms with Gasteiger partial charge in [-0.3, -0.25) is 9.78 Å². The van der Waals surface area contributed by atoms with Crippen molar-refractivity contribution >= 4 is 28.8 Å². The van der Waals surface area contributed by atoms with Gasteiger partial charge in [0.2, 0.25) is 5.91 Å². The van der Waals surface area contributed by atoms with Crippen molar-refractivity contribution in [2.75, 3.05) is 5.32 Å². The third-order valence-electron chi connectivity index (χ3n) is 4.13. The number of aryl methyl sites for hydroxylation is 1. The average Bonchev–Trinajstić information content (AvgIpc) is 2.68. The summed E-state index contributed by atoms with van der Waals surface area (Å²) >= 11 is 5.22. The second-order valence-corrected chi connectivity index (χ2v) is 5.95. The number of hydrogen-bond acceptors (Lipinski definition) is 3. The van der Waals surface area contributed by atoms with Crippen LogP contribution in [0.5, 0.6) is 0 Å². The zero-order chi connectivity index (χ0) is 14.6. The van der Waals surface area contributed by atoms with Gasteiger partial charge in [-0.05, 0) is 31.4 Å². The van der Waals surface area contributed by atoms with E-state index in [1.165, 1.54) is 0 Å². The van der Waals surface area contributed by atoms with Crippen LogP contribution in [0.15, 0.2) is 18.5 Å². The van der Waals surface area contributed by atoms with Crippen LogP contribution < -0.4 is 11.1 Å². The Morgan fingerprint density at radius 3 is 2.55 bits per heavy atom. The number of carbonyl (C=O) groups is 1. The van der Waals surface area contributed by atoms with Gasteiger partial charge < -0.3 is 11.1 Å². The normalized spacial score (nSPS) is 18.1. The molecule has 1 aromatic heterocycles. The molecule has 0 atom stereocenters. The van der Waals surface area contributed by atoms with E-state index in [9.17, 15) is 4.79 Å². The molecule has 1 aliphatic rings. The fraction of sp³-hybridized carbons (Fsp3) is 0.533. The number of pyridine rings is 1. The summed E-state index contributed by atoms with van der Waals surface area (Å²) < 4.78 is 0. The molecule has 1 saturated carbocycles. The summed E-state index contributed by atoms with van der Waals surface area (Å²) in [7, 11) is 0. The predicted octanol–water partition coefficient (Wildman–Crippen LogP) is 2.96. The number of nitrogens with one attached hydrogen (secondary N) is 1. The number of nitrogens with two attached hydrogens (primary N) is 1. The van der Waals surface area contributed by atoms with E-state index in [-0.39, 0.29) is 5.91 Å².